The number of rotatable bonds is 6. The molecule has 1 amide bonds. The average molecular weight is 387 g/mol. The molecule has 1 unspecified atom stereocenters. The van der Waals surface area contributed by atoms with Crippen molar-refractivity contribution in [3.8, 4) is 0 Å². The van der Waals surface area contributed by atoms with Crippen LogP contribution < -0.4 is 34.9 Å². The maximum absolute atomic E-state index is 12.0. The first-order valence-corrected chi connectivity index (χ1v) is 9.89. The molecule has 1 aromatic carbocycles. The average Bonchev–Trinajstić information content (AvgIpc) is 2.56. The van der Waals surface area contributed by atoms with Gasteiger partial charge in [0.2, 0.25) is 5.91 Å². The number of nitrogens with one attached hydrogen (secondary N) is 1. The van der Waals surface area contributed by atoms with E-state index in [-0.39, 0.29) is 47.8 Å². The summed E-state index contributed by atoms with van der Waals surface area (Å²) in [7, 11) is -4.33. The van der Waals surface area contributed by atoms with E-state index in [2.05, 4.69) is 5.32 Å². The van der Waals surface area contributed by atoms with E-state index in [1.807, 2.05) is 30.3 Å². The molecule has 8 heteroatoms. The topological polar surface area (TPSA) is 103 Å². The summed E-state index contributed by atoms with van der Waals surface area (Å²) in [5.74, 6) is -1.22. The van der Waals surface area contributed by atoms with Gasteiger partial charge in [0.1, 0.15) is 0 Å². The molecule has 1 N–H and O–H groups in total. The third kappa shape index (κ3) is 7.32. The Kier molecular flexibility index (Phi) is 9.19. The molecule has 2 rings (SSSR count). The fraction of sp³-hybridized carbons (Fsp3) is 0.444. The van der Waals surface area contributed by atoms with E-state index in [0.717, 1.165) is 36.0 Å². The van der Waals surface area contributed by atoms with E-state index in [1.54, 1.807) is 6.92 Å². The van der Waals surface area contributed by atoms with Crippen molar-refractivity contribution in [3.63, 3.8) is 0 Å². The maximum atomic E-state index is 12.0. The third-order valence-corrected chi connectivity index (χ3v) is 4.98. The molecule has 0 heterocycles. The number of carbonyl (C=O) groups excluding carboxylic acids is 2. The predicted molar refractivity (Wildman–Crippen MR) is 93.9 cm³/mol. The molecule has 1 atom stereocenters. The Morgan fingerprint density at radius 2 is 1.85 bits per heavy atom. The molecule has 1 fully saturated rings. The fourth-order valence-electron chi connectivity index (χ4n) is 2.74. The molecule has 0 spiro atoms. The minimum atomic E-state index is -4.33. The van der Waals surface area contributed by atoms with Crippen molar-refractivity contribution in [2.24, 2.45) is 0 Å². The van der Waals surface area contributed by atoms with Crippen LogP contribution in [0.4, 0.5) is 0 Å². The summed E-state index contributed by atoms with van der Waals surface area (Å²) in [5, 5.41) is 2.45. The van der Waals surface area contributed by atoms with Crippen LogP contribution >= 0.6 is 0 Å². The summed E-state index contributed by atoms with van der Waals surface area (Å²) in [5.41, 5.74) is 2.54. The molecule has 1 aliphatic rings. The van der Waals surface area contributed by atoms with Crippen LogP contribution in [0, 0.1) is 0 Å². The van der Waals surface area contributed by atoms with Crippen molar-refractivity contribution in [3.05, 3.63) is 41.0 Å². The summed E-state index contributed by atoms with van der Waals surface area (Å²) in [6.07, 6.45) is 5.30. The van der Waals surface area contributed by atoms with E-state index in [4.69, 9.17) is 0 Å². The zero-order chi connectivity index (χ0) is 18.4. The smallest absolute Gasteiger partial charge is 0.748 e. The van der Waals surface area contributed by atoms with Crippen LogP contribution in [0.1, 0.15) is 49.7 Å². The first kappa shape index (κ1) is 23.0. The number of ketones is 1. The van der Waals surface area contributed by atoms with Crippen LogP contribution in [0.2, 0.25) is 0 Å². The normalized spacial score (nSPS) is 17.5. The Bertz CT molecular complexity index is 771. The molecular weight excluding hydrogens is 365 g/mol. The van der Waals surface area contributed by atoms with Crippen molar-refractivity contribution in [1.29, 1.82) is 0 Å². The largest absolute Gasteiger partial charge is 1.00 e. The van der Waals surface area contributed by atoms with Crippen LogP contribution in [0.15, 0.2) is 29.8 Å². The second-order valence-electron chi connectivity index (χ2n) is 6.24. The zero-order valence-electron chi connectivity index (χ0n) is 15.2. The number of benzene rings is 1. The molecule has 1 saturated carbocycles. The SMILES string of the molecule is CC(C(=O)NCCS(=O)(=O)[O-])c1ccc(C=C2CCCCC2=O)cc1.[Na+]. The molecule has 1 aliphatic carbocycles. The molecule has 0 aliphatic heterocycles. The molecular formula is C18H22NNaO5S. The van der Waals surface area contributed by atoms with Gasteiger partial charge in [-0.25, -0.2) is 8.42 Å². The monoisotopic (exact) mass is 387 g/mol. The molecule has 0 radical (unpaired) electrons. The molecule has 26 heavy (non-hydrogen) atoms. The fourth-order valence-corrected chi connectivity index (χ4v) is 3.09. The van der Waals surface area contributed by atoms with E-state index >= 15 is 0 Å². The molecule has 0 bridgehead atoms. The van der Waals surface area contributed by atoms with Crippen LogP contribution in [-0.4, -0.2) is 37.0 Å². The molecule has 6 nitrogen and oxygen atoms in total. The third-order valence-electron chi connectivity index (χ3n) is 4.28. The second-order valence-corrected chi connectivity index (χ2v) is 7.76. The zero-order valence-corrected chi connectivity index (χ0v) is 18.0. The van der Waals surface area contributed by atoms with Crippen molar-refractivity contribution < 1.29 is 52.1 Å². The number of allylic oxidation sites excluding steroid dienone is 1. The molecule has 1 aromatic rings. The van der Waals surface area contributed by atoms with Gasteiger partial charge in [-0.3, -0.25) is 9.59 Å². The van der Waals surface area contributed by atoms with Crippen molar-refractivity contribution in [2.75, 3.05) is 12.3 Å². The second kappa shape index (κ2) is 10.4. The molecule has 136 valence electrons. The maximum Gasteiger partial charge on any atom is 1.00 e. The number of hydrogen-bond acceptors (Lipinski definition) is 5. The standard InChI is InChI=1S/C18H23NO5S.Na/c1-13(18(21)19-10-11-25(22,23)24)15-8-6-14(7-9-15)12-16-4-2-3-5-17(16)20;/h6-9,12-13H,2-5,10-11H2,1H3,(H,19,21)(H,22,23,24);/q;+1/p-1. The van der Waals surface area contributed by atoms with Crippen molar-refractivity contribution in [1.82, 2.24) is 5.32 Å². The van der Waals surface area contributed by atoms with E-state index in [0.29, 0.717) is 6.42 Å². The summed E-state index contributed by atoms with van der Waals surface area (Å²) >= 11 is 0. The summed E-state index contributed by atoms with van der Waals surface area (Å²) in [6, 6.07) is 7.34. The van der Waals surface area contributed by atoms with Gasteiger partial charge in [-0.05, 0) is 49.0 Å². The Labute approximate surface area is 176 Å². The first-order chi connectivity index (χ1) is 11.8. The minimum absolute atomic E-state index is 0. The van der Waals surface area contributed by atoms with E-state index in [9.17, 15) is 22.6 Å². The van der Waals surface area contributed by atoms with Gasteiger partial charge in [0.15, 0.2) is 5.78 Å². The van der Waals surface area contributed by atoms with Crippen LogP contribution in [0.3, 0.4) is 0 Å². The van der Waals surface area contributed by atoms with Crippen LogP contribution in [0.5, 0.6) is 0 Å². The summed E-state index contributed by atoms with van der Waals surface area (Å²) in [6.45, 7) is 1.51. The van der Waals surface area contributed by atoms with Crippen LogP contribution in [-0.2, 0) is 19.7 Å². The Morgan fingerprint density at radius 3 is 2.42 bits per heavy atom. The van der Waals surface area contributed by atoms with Crippen molar-refractivity contribution in [2.45, 2.75) is 38.5 Å². The summed E-state index contributed by atoms with van der Waals surface area (Å²) < 4.78 is 31.6. The Morgan fingerprint density at radius 1 is 1.23 bits per heavy atom. The van der Waals surface area contributed by atoms with Crippen LogP contribution in [0.25, 0.3) is 6.08 Å². The van der Waals surface area contributed by atoms with Gasteiger partial charge in [0.05, 0.1) is 21.8 Å². The first-order valence-electron chi connectivity index (χ1n) is 8.31. The minimum Gasteiger partial charge on any atom is -0.748 e. The van der Waals surface area contributed by atoms with Gasteiger partial charge >= 0.3 is 29.6 Å². The number of hydrogen-bond donors (Lipinski definition) is 1. The van der Waals surface area contributed by atoms with E-state index < -0.39 is 21.8 Å². The Hall–Kier alpha value is -0.990. The number of amides is 1. The predicted octanol–water partition coefficient (Wildman–Crippen LogP) is -1.02. The number of Topliss-reactive ketones (excluding diaryl/α,β-unsaturated/α-hetero) is 1. The van der Waals surface area contributed by atoms with Crippen molar-refractivity contribution >= 4 is 27.9 Å². The Balaban J connectivity index is 0.00000338. The van der Waals surface area contributed by atoms with Gasteiger partial charge in [-0.2, -0.15) is 0 Å². The molecule has 0 aromatic heterocycles. The molecule has 0 saturated heterocycles. The van der Waals surface area contributed by atoms with Gasteiger partial charge in [0.25, 0.3) is 0 Å². The van der Waals surface area contributed by atoms with Gasteiger partial charge in [-0.1, -0.05) is 24.3 Å². The van der Waals surface area contributed by atoms with Gasteiger partial charge in [-0.15, -0.1) is 0 Å². The summed E-state index contributed by atoms with van der Waals surface area (Å²) in [4.78, 5) is 23.9. The quantitative estimate of drug-likeness (QED) is 0.382. The van der Waals surface area contributed by atoms with Gasteiger partial charge in [0, 0.05) is 13.0 Å². The van der Waals surface area contributed by atoms with Gasteiger partial charge < -0.3 is 9.87 Å². The van der Waals surface area contributed by atoms with E-state index in [1.165, 1.54) is 0 Å². The number of carbonyl (C=O) groups is 2.